The number of fused-ring (bicyclic) bond motifs is 2. The zero-order chi connectivity index (χ0) is 18.2. The van der Waals surface area contributed by atoms with Gasteiger partial charge in [-0.05, 0) is 43.9 Å². The topological polar surface area (TPSA) is 71.3 Å². The minimum atomic E-state index is -0.194. The van der Waals surface area contributed by atoms with Crippen molar-refractivity contribution < 1.29 is 9.21 Å². The lowest BCUT2D eigenvalue weighted by molar-refractivity contribution is -0.123. The summed E-state index contributed by atoms with van der Waals surface area (Å²) < 4.78 is 5.55. The second-order valence-electron chi connectivity index (χ2n) is 7.32. The molecule has 0 saturated carbocycles. The van der Waals surface area contributed by atoms with Crippen molar-refractivity contribution in [3.63, 3.8) is 0 Å². The number of carbonyl (C=O) groups is 1. The van der Waals surface area contributed by atoms with E-state index in [4.69, 9.17) is 4.42 Å². The van der Waals surface area contributed by atoms with E-state index in [-0.39, 0.29) is 18.0 Å². The van der Waals surface area contributed by atoms with Crippen molar-refractivity contribution in [1.29, 1.82) is 0 Å². The lowest BCUT2D eigenvalue weighted by Gasteiger charge is -2.29. The van der Waals surface area contributed by atoms with E-state index in [1.165, 1.54) is 0 Å². The van der Waals surface area contributed by atoms with Crippen LogP contribution in [0.25, 0.3) is 10.9 Å². The van der Waals surface area contributed by atoms with Gasteiger partial charge in [0, 0.05) is 23.9 Å². The molecule has 1 aromatic carbocycles. The summed E-state index contributed by atoms with van der Waals surface area (Å²) in [7, 11) is 0. The molecular formula is C21H22N4O2. The molecule has 0 bridgehead atoms. The maximum absolute atomic E-state index is 13.1. The third kappa shape index (κ3) is 2.85. The lowest BCUT2D eigenvalue weighted by Crippen LogP contribution is -2.45. The van der Waals surface area contributed by atoms with Gasteiger partial charge in [-0.1, -0.05) is 12.1 Å². The van der Waals surface area contributed by atoms with Gasteiger partial charge in [-0.3, -0.25) is 4.79 Å². The number of rotatable bonds is 3. The zero-order valence-corrected chi connectivity index (χ0v) is 15.1. The van der Waals surface area contributed by atoms with Gasteiger partial charge in [0.05, 0.1) is 17.8 Å². The van der Waals surface area contributed by atoms with Gasteiger partial charge in [0.2, 0.25) is 5.91 Å². The summed E-state index contributed by atoms with van der Waals surface area (Å²) in [6.07, 6.45) is 8.09. The highest BCUT2D eigenvalue weighted by molar-refractivity contribution is 5.93. The summed E-state index contributed by atoms with van der Waals surface area (Å²) in [6, 6.07) is 9.81. The normalized spacial score (nSPS) is 22.0. The molecule has 27 heavy (non-hydrogen) atoms. The van der Waals surface area contributed by atoms with Gasteiger partial charge in [-0.15, -0.1) is 0 Å². The predicted molar refractivity (Wildman–Crippen MR) is 102 cm³/mol. The molecule has 1 fully saturated rings. The Morgan fingerprint density at radius 1 is 1.15 bits per heavy atom. The molecule has 2 aliphatic rings. The number of anilines is 1. The fourth-order valence-corrected chi connectivity index (χ4v) is 4.42. The van der Waals surface area contributed by atoms with Crippen LogP contribution in [0, 0.1) is 0 Å². The summed E-state index contributed by atoms with van der Waals surface area (Å²) in [5, 5.41) is 4.26. The van der Waals surface area contributed by atoms with Crippen LogP contribution in [0.5, 0.6) is 0 Å². The molecule has 0 spiro atoms. The quantitative estimate of drug-likeness (QED) is 0.773. The van der Waals surface area contributed by atoms with Crippen molar-refractivity contribution in [2.45, 2.75) is 44.2 Å². The molecule has 1 N–H and O–H groups in total. The van der Waals surface area contributed by atoms with Crippen LogP contribution >= 0.6 is 0 Å². The van der Waals surface area contributed by atoms with Crippen molar-refractivity contribution in [2.24, 2.45) is 0 Å². The van der Waals surface area contributed by atoms with E-state index in [0.717, 1.165) is 66.7 Å². The van der Waals surface area contributed by atoms with Crippen LogP contribution in [-0.2, 0) is 11.2 Å². The van der Waals surface area contributed by atoms with Crippen LogP contribution in [0.2, 0.25) is 0 Å². The van der Waals surface area contributed by atoms with E-state index >= 15 is 0 Å². The van der Waals surface area contributed by atoms with Crippen LogP contribution in [0.4, 0.5) is 5.82 Å². The van der Waals surface area contributed by atoms with Crippen molar-refractivity contribution in [1.82, 2.24) is 15.3 Å². The van der Waals surface area contributed by atoms with Crippen LogP contribution < -0.4 is 10.2 Å². The number of amides is 1. The van der Waals surface area contributed by atoms with Gasteiger partial charge >= 0.3 is 0 Å². The summed E-state index contributed by atoms with van der Waals surface area (Å²) in [5.74, 6) is 1.94. The average Bonchev–Trinajstić information content (AvgIpc) is 3.37. The fraction of sp³-hybridized carbons (Fsp3) is 0.381. The fourth-order valence-electron chi connectivity index (χ4n) is 4.42. The molecule has 2 atom stereocenters. The van der Waals surface area contributed by atoms with Crippen LogP contribution in [-0.4, -0.2) is 28.5 Å². The minimum Gasteiger partial charge on any atom is -0.469 e. The second-order valence-corrected chi connectivity index (χ2v) is 7.32. The Morgan fingerprint density at radius 3 is 3.04 bits per heavy atom. The number of aromatic nitrogens is 2. The summed E-state index contributed by atoms with van der Waals surface area (Å²) in [6.45, 7) is 0.834. The molecule has 1 aliphatic heterocycles. The third-order valence-corrected chi connectivity index (χ3v) is 5.72. The molecule has 6 nitrogen and oxygen atoms in total. The lowest BCUT2D eigenvalue weighted by atomic mass is 9.93. The van der Waals surface area contributed by atoms with Gasteiger partial charge in [-0.2, -0.15) is 0 Å². The van der Waals surface area contributed by atoms with Crippen LogP contribution in [0.1, 0.15) is 43.0 Å². The minimum absolute atomic E-state index is 0.0459. The van der Waals surface area contributed by atoms with E-state index in [0.29, 0.717) is 0 Å². The third-order valence-electron chi connectivity index (χ3n) is 5.72. The Bertz CT molecular complexity index is 978. The average molecular weight is 362 g/mol. The number of nitrogens with zero attached hydrogens (tertiary/aromatic N) is 3. The first-order valence-electron chi connectivity index (χ1n) is 9.64. The molecule has 2 aromatic heterocycles. The molecular weight excluding hydrogens is 340 g/mol. The Balaban J connectivity index is 1.41. The highest BCUT2D eigenvalue weighted by Gasteiger charge is 2.34. The summed E-state index contributed by atoms with van der Waals surface area (Å²) in [5.41, 5.74) is 2.04. The van der Waals surface area contributed by atoms with Crippen molar-refractivity contribution in [2.75, 3.05) is 11.4 Å². The maximum Gasteiger partial charge on any atom is 0.243 e. The molecule has 3 aromatic rings. The van der Waals surface area contributed by atoms with Gasteiger partial charge in [0.15, 0.2) is 0 Å². The molecule has 1 aliphatic carbocycles. The number of furan rings is 1. The number of hydrogen-bond acceptors (Lipinski definition) is 5. The first kappa shape index (κ1) is 16.3. The summed E-state index contributed by atoms with van der Waals surface area (Å²) >= 11 is 0. The molecule has 6 heteroatoms. The number of nitrogens with one attached hydrogen (secondary N) is 1. The second kappa shape index (κ2) is 6.68. The van der Waals surface area contributed by atoms with E-state index < -0.39 is 0 Å². The van der Waals surface area contributed by atoms with Crippen molar-refractivity contribution in [3.8, 4) is 0 Å². The maximum atomic E-state index is 13.1. The first-order valence-corrected chi connectivity index (χ1v) is 9.64. The van der Waals surface area contributed by atoms with Crippen molar-refractivity contribution >= 4 is 22.6 Å². The van der Waals surface area contributed by atoms with Crippen molar-refractivity contribution in [3.05, 3.63) is 54.2 Å². The van der Waals surface area contributed by atoms with E-state index in [1.54, 1.807) is 12.6 Å². The Morgan fingerprint density at radius 2 is 2.07 bits per heavy atom. The standard InChI is InChI=1S/C21H22N4O2/c26-21(24-17-7-3-9-19-14(17)10-12-27-19)18-8-4-11-25(18)20-15-5-1-2-6-16(15)22-13-23-20/h1-2,5-6,10,12-13,17-18H,3-4,7-9,11H2,(H,24,26)/t17-,18+/m1/s1. The molecule has 3 heterocycles. The largest absolute Gasteiger partial charge is 0.469 e. The Labute approximate surface area is 157 Å². The van der Waals surface area contributed by atoms with E-state index in [2.05, 4.69) is 20.2 Å². The smallest absolute Gasteiger partial charge is 0.243 e. The van der Waals surface area contributed by atoms with Crippen LogP contribution in [0.3, 0.4) is 0 Å². The van der Waals surface area contributed by atoms with E-state index in [1.807, 2.05) is 30.3 Å². The SMILES string of the molecule is O=C(N[C@@H]1CCCc2occc21)[C@@H]1CCCN1c1ncnc2ccccc12. The summed E-state index contributed by atoms with van der Waals surface area (Å²) in [4.78, 5) is 24.1. The van der Waals surface area contributed by atoms with Gasteiger partial charge in [0.25, 0.3) is 0 Å². The van der Waals surface area contributed by atoms with Gasteiger partial charge < -0.3 is 14.6 Å². The number of hydrogen-bond donors (Lipinski definition) is 1. The van der Waals surface area contributed by atoms with Crippen LogP contribution in [0.15, 0.2) is 47.3 Å². The molecule has 1 amide bonds. The van der Waals surface area contributed by atoms with Gasteiger partial charge in [0.1, 0.15) is 23.9 Å². The Kier molecular flexibility index (Phi) is 4.03. The molecule has 0 unspecified atom stereocenters. The predicted octanol–water partition coefficient (Wildman–Crippen LogP) is 3.39. The van der Waals surface area contributed by atoms with Gasteiger partial charge in [-0.25, -0.2) is 9.97 Å². The number of para-hydroxylation sites is 1. The monoisotopic (exact) mass is 362 g/mol. The highest BCUT2D eigenvalue weighted by atomic mass is 16.3. The molecule has 5 rings (SSSR count). The number of carbonyl (C=O) groups excluding carboxylic acids is 1. The first-order chi connectivity index (χ1) is 13.3. The Hall–Kier alpha value is -2.89. The molecule has 138 valence electrons. The highest BCUT2D eigenvalue weighted by Crippen LogP contribution is 2.33. The molecule has 1 saturated heterocycles. The number of benzene rings is 1. The molecule has 0 radical (unpaired) electrons. The van der Waals surface area contributed by atoms with E-state index in [9.17, 15) is 4.79 Å². The zero-order valence-electron chi connectivity index (χ0n) is 15.1. The number of aryl methyl sites for hydroxylation is 1.